The summed E-state index contributed by atoms with van der Waals surface area (Å²) < 4.78 is 1.96. The summed E-state index contributed by atoms with van der Waals surface area (Å²) in [6.45, 7) is 3.96. The van der Waals surface area contributed by atoms with Gasteiger partial charge >= 0.3 is 0 Å². The second-order valence-corrected chi connectivity index (χ2v) is 4.63. The summed E-state index contributed by atoms with van der Waals surface area (Å²) in [4.78, 5) is 20.0. The van der Waals surface area contributed by atoms with Crippen molar-refractivity contribution in [2.24, 2.45) is 7.05 Å². The van der Waals surface area contributed by atoms with E-state index in [0.29, 0.717) is 5.01 Å². The first-order valence-corrected chi connectivity index (χ1v) is 6.09. The van der Waals surface area contributed by atoms with Crippen LogP contribution in [0.5, 0.6) is 0 Å². The molecule has 0 N–H and O–H groups in total. The van der Waals surface area contributed by atoms with Gasteiger partial charge in [0.25, 0.3) is 0 Å². The fourth-order valence-electron chi connectivity index (χ4n) is 1.46. The van der Waals surface area contributed by atoms with Gasteiger partial charge in [-0.15, -0.1) is 11.3 Å². The highest BCUT2D eigenvalue weighted by molar-refractivity contribution is 7.11. The minimum Gasteiger partial charge on any atom is -0.332 e. The average molecular weight is 247 g/mol. The maximum absolute atomic E-state index is 11.7. The van der Waals surface area contributed by atoms with Crippen LogP contribution in [0.1, 0.15) is 27.0 Å². The Kier molecular flexibility index (Phi) is 3.19. The molecule has 0 amide bonds. The highest BCUT2D eigenvalue weighted by Crippen LogP contribution is 2.11. The van der Waals surface area contributed by atoms with Gasteiger partial charge in [-0.2, -0.15) is 0 Å². The molecule has 2 rings (SSSR count). The molecule has 0 fully saturated rings. The van der Waals surface area contributed by atoms with Gasteiger partial charge in [0.1, 0.15) is 5.82 Å². The van der Waals surface area contributed by atoms with Gasteiger partial charge in [-0.1, -0.05) is 0 Å². The van der Waals surface area contributed by atoms with Crippen molar-refractivity contribution >= 4 is 23.2 Å². The van der Waals surface area contributed by atoms with Crippen molar-refractivity contribution in [1.82, 2.24) is 14.5 Å². The Bertz CT molecular complexity index is 567. The van der Waals surface area contributed by atoms with Crippen molar-refractivity contribution in [2.75, 3.05) is 0 Å². The van der Waals surface area contributed by atoms with Gasteiger partial charge in [-0.05, 0) is 26.0 Å². The zero-order chi connectivity index (χ0) is 12.4. The van der Waals surface area contributed by atoms with Gasteiger partial charge in [0, 0.05) is 24.3 Å². The van der Waals surface area contributed by atoms with Gasteiger partial charge in [0.05, 0.1) is 5.69 Å². The Labute approximate surface area is 104 Å². The molecule has 0 bridgehead atoms. The summed E-state index contributed by atoms with van der Waals surface area (Å²) in [5, 5.41) is 2.29. The van der Waals surface area contributed by atoms with Crippen LogP contribution in [0.15, 0.2) is 17.7 Å². The summed E-state index contributed by atoms with van der Waals surface area (Å²) in [6.07, 6.45) is 4.87. The van der Waals surface area contributed by atoms with E-state index in [1.807, 2.05) is 25.5 Å². The monoisotopic (exact) mass is 247 g/mol. The molecule has 4 nitrogen and oxygen atoms in total. The van der Waals surface area contributed by atoms with Crippen LogP contribution in [0, 0.1) is 13.8 Å². The van der Waals surface area contributed by atoms with Crippen LogP contribution in [-0.4, -0.2) is 20.3 Å². The molecule has 0 unspecified atom stereocenters. The molecule has 0 spiro atoms. The number of carbonyl (C=O) groups is 1. The number of aromatic nitrogens is 3. The van der Waals surface area contributed by atoms with E-state index in [1.165, 1.54) is 17.4 Å². The predicted molar refractivity (Wildman–Crippen MR) is 68.2 cm³/mol. The van der Waals surface area contributed by atoms with Crippen molar-refractivity contribution in [3.8, 4) is 0 Å². The minimum atomic E-state index is -0.0849. The maximum atomic E-state index is 11.7. The van der Waals surface area contributed by atoms with Gasteiger partial charge in [0.15, 0.2) is 5.01 Å². The van der Waals surface area contributed by atoms with Gasteiger partial charge in [0.2, 0.25) is 5.78 Å². The summed E-state index contributed by atoms with van der Waals surface area (Å²) >= 11 is 1.34. The first kappa shape index (κ1) is 11.7. The molecule has 5 heteroatoms. The molecule has 0 aliphatic rings. The number of ketones is 1. The molecule has 88 valence electrons. The number of hydrogen-bond acceptors (Lipinski definition) is 4. The van der Waals surface area contributed by atoms with Crippen LogP contribution in [0.3, 0.4) is 0 Å². The molecule has 0 aromatic carbocycles. The number of aryl methyl sites for hydroxylation is 1. The second-order valence-electron chi connectivity index (χ2n) is 3.73. The molecule has 17 heavy (non-hydrogen) atoms. The molecular formula is C12H13N3OS. The summed E-state index contributed by atoms with van der Waals surface area (Å²) in [6, 6.07) is 0. The normalized spacial score (nSPS) is 11.2. The third-order valence-electron chi connectivity index (χ3n) is 2.68. The molecule has 0 saturated heterocycles. The standard InChI is InChI=1S/C12H13N3OS/c1-8-9(2)15(3)11(14-8)5-4-10(16)12-13-6-7-17-12/h4-7H,1-3H3/b5-4+. The van der Waals surface area contributed by atoms with Crippen molar-refractivity contribution in [3.63, 3.8) is 0 Å². The third-order valence-corrected chi connectivity index (χ3v) is 3.47. The fraction of sp³-hybridized carbons (Fsp3) is 0.250. The van der Waals surface area contributed by atoms with E-state index < -0.39 is 0 Å². The second kappa shape index (κ2) is 4.63. The average Bonchev–Trinajstić information content (AvgIpc) is 2.91. The number of nitrogens with zero attached hydrogens (tertiary/aromatic N) is 3. The summed E-state index contributed by atoms with van der Waals surface area (Å²) in [5.74, 6) is 0.697. The smallest absolute Gasteiger partial charge is 0.214 e. The number of carbonyl (C=O) groups excluding carboxylic acids is 1. The number of rotatable bonds is 3. The Morgan fingerprint density at radius 3 is 2.76 bits per heavy atom. The van der Waals surface area contributed by atoms with E-state index in [0.717, 1.165) is 17.2 Å². The van der Waals surface area contributed by atoms with Gasteiger partial charge in [-0.25, -0.2) is 9.97 Å². The zero-order valence-electron chi connectivity index (χ0n) is 9.97. The van der Waals surface area contributed by atoms with Crippen molar-refractivity contribution in [1.29, 1.82) is 0 Å². The van der Waals surface area contributed by atoms with Crippen molar-refractivity contribution in [3.05, 3.63) is 39.9 Å². The molecule has 0 radical (unpaired) electrons. The van der Waals surface area contributed by atoms with Crippen LogP contribution < -0.4 is 0 Å². The summed E-state index contributed by atoms with van der Waals surface area (Å²) in [7, 11) is 1.93. The predicted octanol–water partition coefficient (Wildman–Crippen LogP) is 2.39. The van der Waals surface area contributed by atoms with Gasteiger partial charge < -0.3 is 4.57 Å². The molecule has 0 aliphatic carbocycles. The Balaban J connectivity index is 2.21. The lowest BCUT2D eigenvalue weighted by atomic mass is 10.3. The fourth-order valence-corrected chi connectivity index (χ4v) is 2.01. The lowest BCUT2D eigenvalue weighted by Gasteiger charge is -1.97. The highest BCUT2D eigenvalue weighted by Gasteiger charge is 2.07. The van der Waals surface area contributed by atoms with Crippen LogP contribution in [0.2, 0.25) is 0 Å². The molecule has 2 aromatic rings. The first-order chi connectivity index (χ1) is 8.09. The molecule has 2 aromatic heterocycles. The lowest BCUT2D eigenvalue weighted by Crippen LogP contribution is -1.96. The van der Waals surface area contributed by atoms with E-state index in [9.17, 15) is 4.79 Å². The molecular weight excluding hydrogens is 234 g/mol. The van der Waals surface area contributed by atoms with Crippen LogP contribution >= 0.6 is 11.3 Å². The molecule has 2 heterocycles. The SMILES string of the molecule is Cc1nc(/C=C/C(=O)c2nccs2)n(C)c1C. The number of imidazole rings is 1. The van der Waals surface area contributed by atoms with Crippen molar-refractivity contribution < 1.29 is 4.79 Å². The van der Waals surface area contributed by atoms with E-state index in [2.05, 4.69) is 9.97 Å². The van der Waals surface area contributed by atoms with E-state index in [1.54, 1.807) is 17.7 Å². The highest BCUT2D eigenvalue weighted by atomic mass is 32.1. The minimum absolute atomic E-state index is 0.0849. The Morgan fingerprint density at radius 2 is 2.24 bits per heavy atom. The van der Waals surface area contributed by atoms with E-state index >= 15 is 0 Å². The number of thiazole rings is 1. The topological polar surface area (TPSA) is 47.8 Å². The maximum Gasteiger partial charge on any atom is 0.214 e. The Morgan fingerprint density at radius 1 is 1.47 bits per heavy atom. The van der Waals surface area contributed by atoms with Crippen LogP contribution in [0.25, 0.3) is 6.08 Å². The molecule has 0 aliphatic heterocycles. The Hall–Kier alpha value is -1.75. The third kappa shape index (κ3) is 2.34. The summed E-state index contributed by atoms with van der Waals surface area (Å²) in [5.41, 5.74) is 2.08. The van der Waals surface area contributed by atoms with Crippen molar-refractivity contribution in [2.45, 2.75) is 13.8 Å². The van der Waals surface area contributed by atoms with Crippen LogP contribution in [0.4, 0.5) is 0 Å². The van der Waals surface area contributed by atoms with E-state index in [-0.39, 0.29) is 5.78 Å². The molecule has 0 saturated carbocycles. The molecule has 0 atom stereocenters. The van der Waals surface area contributed by atoms with Gasteiger partial charge in [-0.3, -0.25) is 4.79 Å². The lowest BCUT2D eigenvalue weighted by molar-refractivity contribution is 0.104. The van der Waals surface area contributed by atoms with Crippen LogP contribution in [-0.2, 0) is 7.05 Å². The number of hydrogen-bond donors (Lipinski definition) is 0. The zero-order valence-corrected chi connectivity index (χ0v) is 10.8. The largest absolute Gasteiger partial charge is 0.332 e. The number of allylic oxidation sites excluding steroid dienone is 1. The van der Waals surface area contributed by atoms with E-state index in [4.69, 9.17) is 0 Å². The first-order valence-electron chi connectivity index (χ1n) is 5.21. The quantitative estimate of drug-likeness (QED) is 0.618.